The van der Waals surface area contributed by atoms with Crippen molar-refractivity contribution in [2.75, 3.05) is 0 Å². The molecule has 0 aliphatic rings. The molecule has 2 aromatic rings. The number of rotatable bonds is 7. The summed E-state index contributed by atoms with van der Waals surface area (Å²) in [6, 6.07) is 13.3. The lowest BCUT2D eigenvalue weighted by Gasteiger charge is -2.16. The minimum Gasteiger partial charge on any atom is -0.457 e. The van der Waals surface area contributed by atoms with E-state index in [-0.39, 0.29) is 29.7 Å². The number of carbonyl (C=O) groups excluding carboxylic acids is 2. The Morgan fingerprint density at radius 1 is 1.04 bits per heavy atom. The zero-order valence-corrected chi connectivity index (χ0v) is 14.5. The zero-order chi connectivity index (χ0) is 18.2. The fraction of sp³-hybridized carbons (Fsp3) is 0.263. The van der Waals surface area contributed by atoms with Crippen molar-refractivity contribution in [2.45, 2.75) is 32.3 Å². The normalized spacial score (nSPS) is 11.6. The van der Waals surface area contributed by atoms with Gasteiger partial charge in [-0.2, -0.15) is 0 Å². The van der Waals surface area contributed by atoms with Gasteiger partial charge in [0.15, 0.2) is 11.6 Å². The van der Waals surface area contributed by atoms with Crippen molar-refractivity contribution in [1.29, 1.82) is 0 Å². The Morgan fingerprint density at radius 2 is 1.72 bits per heavy atom. The molecule has 0 heterocycles. The van der Waals surface area contributed by atoms with E-state index in [1.807, 2.05) is 37.3 Å². The lowest BCUT2D eigenvalue weighted by Crippen LogP contribution is -2.15. The molecule has 1 atom stereocenters. The Morgan fingerprint density at radius 3 is 2.36 bits per heavy atom. The van der Waals surface area contributed by atoms with Gasteiger partial charge in [-0.3, -0.25) is 9.59 Å². The summed E-state index contributed by atoms with van der Waals surface area (Å²) in [5.41, 5.74) is 0.888. The molecule has 0 fully saturated rings. The molecule has 0 amide bonds. The number of hydrogen-bond donors (Lipinski definition) is 0. The summed E-state index contributed by atoms with van der Waals surface area (Å²) < 4.78 is 23.8. The molecule has 0 saturated carbocycles. The third kappa shape index (κ3) is 5.57. The second-order valence-corrected chi connectivity index (χ2v) is 5.73. The van der Waals surface area contributed by atoms with E-state index < -0.39 is 17.8 Å². The predicted octanol–water partition coefficient (Wildman–Crippen LogP) is 4.86. The maximum atomic E-state index is 13.6. The molecular formula is C19H18ClFO4. The van der Waals surface area contributed by atoms with Crippen LogP contribution < -0.4 is 4.74 Å². The van der Waals surface area contributed by atoms with E-state index in [4.69, 9.17) is 21.1 Å². The molecule has 2 rings (SSSR count). The highest BCUT2D eigenvalue weighted by molar-refractivity contribution is 6.32. The number of hydrogen-bond acceptors (Lipinski definition) is 4. The lowest BCUT2D eigenvalue weighted by molar-refractivity contribution is -0.152. The molecule has 0 N–H and O–H groups in total. The van der Waals surface area contributed by atoms with Crippen LogP contribution in [0, 0.1) is 5.82 Å². The van der Waals surface area contributed by atoms with Gasteiger partial charge >= 0.3 is 11.9 Å². The molecule has 2 aromatic carbocycles. The number of esters is 2. The van der Waals surface area contributed by atoms with Gasteiger partial charge in [0.1, 0.15) is 6.10 Å². The molecule has 0 aliphatic carbocycles. The number of ether oxygens (including phenoxy) is 2. The van der Waals surface area contributed by atoms with Gasteiger partial charge in [-0.1, -0.05) is 54.9 Å². The smallest absolute Gasteiger partial charge is 0.311 e. The minimum absolute atomic E-state index is 0.00829. The second-order valence-electron chi connectivity index (χ2n) is 5.32. The van der Waals surface area contributed by atoms with Crippen LogP contribution >= 0.6 is 11.6 Å². The first kappa shape index (κ1) is 18.9. The Labute approximate surface area is 150 Å². The highest BCUT2D eigenvalue weighted by Crippen LogP contribution is 2.27. The van der Waals surface area contributed by atoms with Crippen molar-refractivity contribution in [3.63, 3.8) is 0 Å². The lowest BCUT2D eigenvalue weighted by atomic mass is 10.1. The first-order valence-electron chi connectivity index (χ1n) is 7.90. The van der Waals surface area contributed by atoms with Crippen molar-refractivity contribution in [3.05, 3.63) is 64.9 Å². The first-order valence-corrected chi connectivity index (χ1v) is 8.28. The van der Waals surface area contributed by atoms with E-state index in [0.717, 1.165) is 11.6 Å². The molecule has 0 aromatic heterocycles. The summed E-state index contributed by atoms with van der Waals surface area (Å²) in [5.74, 6) is -2.35. The topological polar surface area (TPSA) is 52.6 Å². The first-order chi connectivity index (χ1) is 12.0. The summed E-state index contributed by atoms with van der Waals surface area (Å²) in [6.07, 6.45) is -0.140. The number of benzene rings is 2. The molecule has 0 bridgehead atoms. The molecule has 1 unspecified atom stereocenters. The molecule has 0 radical (unpaired) electrons. The van der Waals surface area contributed by atoms with Crippen LogP contribution in [-0.4, -0.2) is 11.9 Å². The third-order valence-electron chi connectivity index (χ3n) is 3.48. The third-order valence-corrected chi connectivity index (χ3v) is 3.78. The number of halogens is 2. The Hall–Kier alpha value is -2.40. The van der Waals surface area contributed by atoms with Crippen LogP contribution in [0.2, 0.25) is 5.02 Å². The monoisotopic (exact) mass is 364 g/mol. The van der Waals surface area contributed by atoms with Gasteiger partial charge in [-0.15, -0.1) is 0 Å². The Balaban J connectivity index is 1.86. The average molecular weight is 365 g/mol. The molecule has 0 spiro atoms. The highest BCUT2D eigenvalue weighted by atomic mass is 35.5. The summed E-state index contributed by atoms with van der Waals surface area (Å²) >= 11 is 5.78. The van der Waals surface area contributed by atoms with E-state index in [9.17, 15) is 14.0 Å². The molecule has 0 saturated heterocycles. The van der Waals surface area contributed by atoms with Crippen LogP contribution in [0.1, 0.15) is 37.9 Å². The van der Waals surface area contributed by atoms with Crippen molar-refractivity contribution < 1.29 is 23.5 Å². The molecule has 0 aliphatic heterocycles. The van der Waals surface area contributed by atoms with E-state index in [1.54, 1.807) is 0 Å². The van der Waals surface area contributed by atoms with E-state index in [2.05, 4.69) is 0 Å². The molecule has 4 nitrogen and oxygen atoms in total. The Kier molecular flexibility index (Phi) is 6.95. The highest BCUT2D eigenvalue weighted by Gasteiger charge is 2.18. The van der Waals surface area contributed by atoms with E-state index in [0.29, 0.717) is 6.42 Å². The van der Waals surface area contributed by atoms with Crippen LogP contribution in [0.15, 0.2) is 48.5 Å². The summed E-state index contributed by atoms with van der Waals surface area (Å²) in [5, 5.41) is -0.00829. The zero-order valence-electron chi connectivity index (χ0n) is 13.7. The fourth-order valence-electron chi connectivity index (χ4n) is 2.22. The summed E-state index contributed by atoms with van der Waals surface area (Å²) in [6.45, 7) is 1.90. The van der Waals surface area contributed by atoms with E-state index >= 15 is 0 Å². The van der Waals surface area contributed by atoms with Gasteiger partial charge in [0.05, 0.1) is 17.9 Å². The molecule has 132 valence electrons. The fourth-order valence-corrected chi connectivity index (χ4v) is 2.42. The summed E-state index contributed by atoms with van der Waals surface area (Å²) in [4.78, 5) is 23.7. The summed E-state index contributed by atoms with van der Waals surface area (Å²) in [7, 11) is 0. The van der Waals surface area contributed by atoms with Gasteiger partial charge in [-0.05, 0) is 24.1 Å². The molecule has 25 heavy (non-hydrogen) atoms. The van der Waals surface area contributed by atoms with Gasteiger partial charge in [0.2, 0.25) is 0 Å². The predicted molar refractivity (Wildman–Crippen MR) is 91.8 cm³/mol. The van der Waals surface area contributed by atoms with E-state index in [1.165, 1.54) is 12.1 Å². The quantitative estimate of drug-likeness (QED) is 0.520. The standard InChI is InChI=1S/C19H18ClFO4/c1-2-16(13-7-4-3-5-8-13)24-17(22)11-12-18(23)25-19-14(20)9-6-10-15(19)21/h3-10,16H,2,11-12H2,1H3. The number of para-hydroxylation sites is 1. The molecular weight excluding hydrogens is 347 g/mol. The Bertz CT molecular complexity index is 713. The van der Waals surface area contributed by atoms with Crippen LogP contribution in [0.5, 0.6) is 5.75 Å². The largest absolute Gasteiger partial charge is 0.457 e. The van der Waals surface area contributed by atoms with Crippen LogP contribution in [0.3, 0.4) is 0 Å². The van der Waals surface area contributed by atoms with Gasteiger partial charge in [-0.25, -0.2) is 4.39 Å². The maximum Gasteiger partial charge on any atom is 0.311 e. The average Bonchev–Trinajstić information content (AvgIpc) is 2.62. The van der Waals surface area contributed by atoms with Crippen molar-refractivity contribution >= 4 is 23.5 Å². The van der Waals surface area contributed by atoms with Crippen molar-refractivity contribution in [3.8, 4) is 5.75 Å². The van der Waals surface area contributed by atoms with Gasteiger partial charge in [0.25, 0.3) is 0 Å². The second kappa shape index (κ2) is 9.18. The van der Waals surface area contributed by atoms with Crippen LogP contribution in [-0.2, 0) is 14.3 Å². The number of carbonyl (C=O) groups is 2. The maximum absolute atomic E-state index is 13.6. The van der Waals surface area contributed by atoms with Crippen molar-refractivity contribution in [1.82, 2.24) is 0 Å². The van der Waals surface area contributed by atoms with Crippen molar-refractivity contribution in [2.24, 2.45) is 0 Å². The minimum atomic E-state index is -0.753. The van der Waals surface area contributed by atoms with Gasteiger partial charge < -0.3 is 9.47 Å². The SMILES string of the molecule is CCC(OC(=O)CCC(=O)Oc1c(F)cccc1Cl)c1ccccc1. The molecule has 6 heteroatoms. The van der Waals surface area contributed by atoms with Crippen LogP contribution in [0.4, 0.5) is 4.39 Å². The van der Waals surface area contributed by atoms with Gasteiger partial charge in [0, 0.05) is 0 Å². The van der Waals surface area contributed by atoms with Crippen LogP contribution in [0.25, 0.3) is 0 Å².